The molecule has 0 bridgehead atoms. The topological polar surface area (TPSA) is 71.1 Å². The van der Waals surface area contributed by atoms with Gasteiger partial charge < -0.3 is 4.74 Å². The first-order valence-corrected chi connectivity index (χ1v) is 9.01. The van der Waals surface area contributed by atoms with Gasteiger partial charge in [0.25, 0.3) is 5.56 Å². The highest BCUT2D eigenvalue weighted by atomic mass is 19.1. The minimum Gasteiger partial charge on any atom is -0.425 e. The Morgan fingerprint density at radius 2 is 1.79 bits per heavy atom. The van der Waals surface area contributed by atoms with E-state index in [1.165, 1.54) is 22.2 Å². The van der Waals surface area contributed by atoms with Gasteiger partial charge in [0.1, 0.15) is 11.6 Å². The zero-order chi connectivity index (χ0) is 20.7. The molecule has 0 aliphatic carbocycles. The number of imidazole rings is 1. The van der Waals surface area contributed by atoms with Crippen LogP contribution in [-0.2, 0) is 20.6 Å². The Balaban J connectivity index is 1.86. The van der Waals surface area contributed by atoms with E-state index in [1.807, 2.05) is 25.1 Å². The zero-order valence-electron chi connectivity index (χ0n) is 16.2. The second-order valence-electron chi connectivity index (χ2n) is 6.87. The molecule has 4 aromatic rings. The molecule has 0 radical (unpaired) electrons. The number of nitrogens with zero attached hydrogens (tertiary/aromatic N) is 4. The fourth-order valence-corrected chi connectivity index (χ4v) is 3.24. The first-order valence-electron chi connectivity index (χ1n) is 9.01. The SMILES string of the molecule is Cc1cccc(Oc2nc3c(c(=O)n(Cc4ccccc4F)c(=O)n3C)n2C)c1. The summed E-state index contributed by atoms with van der Waals surface area (Å²) in [7, 11) is 3.16. The van der Waals surface area contributed by atoms with E-state index >= 15 is 0 Å². The molecule has 0 saturated carbocycles. The van der Waals surface area contributed by atoms with Gasteiger partial charge in [-0.1, -0.05) is 30.3 Å². The van der Waals surface area contributed by atoms with Crippen LogP contribution in [0.3, 0.4) is 0 Å². The standard InChI is InChI=1S/C21H19FN4O3/c1-13-7-6-9-15(11-13)29-20-23-18-17(24(20)2)19(27)26(21(28)25(18)3)12-14-8-4-5-10-16(14)22/h4-11H,12H2,1-3H3. The van der Waals surface area contributed by atoms with Gasteiger partial charge in [-0.15, -0.1) is 0 Å². The van der Waals surface area contributed by atoms with Crippen LogP contribution >= 0.6 is 0 Å². The van der Waals surface area contributed by atoms with Crippen LogP contribution in [0.15, 0.2) is 58.1 Å². The van der Waals surface area contributed by atoms with Gasteiger partial charge in [-0.25, -0.2) is 9.18 Å². The Morgan fingerprint density at radius 1 is 1.03 bits per heavy atom. The fourth-order valence-electron chi connectivity index (χ4n) is 3.24. The molecule has 7 nitrogen and oxygen atoms in total. The Labute approximate surface area is 165 Å². The van der Waals surface area contributed by atoms with Gasteiger partial charge in [0.2, 0.25) is 0 Å². The lowest BCUT2D eigenvalue weighted by atomic mass is 10.2. The summed E-state index contributed by atoms with van der Waals surface area (Å²) >= 11 is 0. The molecule has 0 spiro atoms. The Hall–Kier alpha value is -3.68. The van der Waals surface area contributed by atoms with E-state index in [-0.39, 0.29) is 29.3 Å². The lowest BCUT2D eigenvalue weighted by molar-refractivity contribution is 0.427. The van der Waals surface area contributed by atoms with Gasteiger partial charge in [0.15, 0.2) is 11.2 Å². The number of halogens is 1. The van der Waals surface area contributed by atoms with Crippen molar-refractivity contribution in [3.63, 3.8) is 0 Å². The fraction of sp³-hybridized carbons (Fsp3) is 0.190. The summed E-state index contributed by atoms with van der Waals surface area (Å²) in [4.78, 5) is 30.2. The van der Waals surface area contributed by atoms with Crippen LogP contribution in [-0.4, -0.2) is 18.7 Å². The Morgan fingerprint density at radius 3 is 2.52 bits per heavy atom. The molecule has 2 heterocycles. The molecule has 29 heavy (non-hydrogen) atoms. The van der Waals surface area contributed by atoms with E-state index < -0.39 is 17.1 Å². The average Bonchev–Trinajstić information content (AvgIpc) is 3.01. The lowest BCUT2D eigenvalue weighted by Crippen LogP contribution is -2.40. The number of benzene rings is 2. The van der Waals surface area contributed by atoms with Crippen LogP contribution in [0.5, 0.6) is 11.8 Å². The Kier molecular flexibility index (Phi) is 4.54. The largest absolute Gasteiger partial charge is 0.425 e. The maximum Gasteiger partial charge on any atom is 0.332 e. The third-order valence-electron chi connectivity index (χ3n) is 4.80. The van der Waals surface area contributed by atoms with Crippen LogP contribution in [0.1, 0.15) is 11.1 Å². The minimum atomic E-state index is -0.578. The highest BCUT2D eigenvalue weighted by Crippen LogP contribution is 2.23. The lowest BCUT2D eigenvalue weighted by Gasteiger charge is -2.09. The quantitative estimate of drug-likeness (QED) is 0.534. The van der Waals surface area contributed by atoms with Crippen LogP contribution < -0.4 is 16.0 Å². The second-order valence-corrected chi connectivity index (χ2v) is 6.87. The second kappa shape index (κ2) is 7.05. The smallest absolute Gasteiger partial charge is 0.332 e. The minimum absolute atomic E-state index is 0.173. The first-order chi connectivity index (χ1) is 13.9. The maximum atomic E-state index is 14.0. The van der Waals surface area contributed by atoms with Gasteiger partial charge >= 0.3 is 11.7 Å². The predicted octanol–water partition coefficient (Wildman–Crippen LogP) is 2.72. The first kappa shape index (κ1) is 18.7. The van der Waals surface area contributed by atoms with Gasteiger partial charge in [-0.05, 0) is 30.7 Å². The maximum absolute atomic E-state index is 14.0. The van der Waals surface area contributed by atoms with Crippen molar-refractivity contribution in [2.75, 3.05) is 0 Å². The Bertz CT molecular complexity index is 1350. The summed E-state index contributed by atoms with van der Waals surface area (Å²) in [5.74, 6) is 0.0927. The van der Waals surface area contributed by atoms with Gasteiger partial charge in [0.05, 0.1) is 6.54 Å². The monoisotopic (exact) mass is 394 g/mol. The average molecular weight is 394 g/mol. The summed E-state index contributed by atoms with van der Waals surface area (Å²) in [6.07, 6.45) is 0. The van der Waals surface area contributed by atoms with Gasteiger partial charge in [0, 0.05) is 19.7 Å². The summed E-state index contributed by atoms with van der Waals surface area (Å²) in [6.45, 7) is 1.76. The predicted molar refractivity (Wildman–Crippen MR) is 107 cm³/mol. The number of hydrogen-bond acceptors (Lipinski definition) is 4. The molecule has 2 aromatic carbocycles. The molecule has 0 saturated heterocycles. The summed E-state index contributed by atoms with van der Waals surface area (Å²) in [6, 6.07) is 13.6. The summed E-state index contributed by atoms with van der Waals surface area (Å²) in [5, 5.41) is 0. The molecule has 2 aromatic heterocycles. The molecule has 0 amide bonds. The van der Waals surface area contributed by atoms with E-state index in [0.29, 0.717) is 5.75 Å². The normalized spacial score (nSPS) is 11.2. The molecule has 0 atom stereocenters. The third-order valence-corrected chi connectivity index (χ3v) is 4.80. The molecule has 0 unspecified atom stereocenters. The molecule has 148 valence electrons. The van der Waals surface area contributed by atoms with E-state index in [9.17, 15) is 14.0 Å². The van der Waals surface area contributed by atoms with Crippen molar-refractivity contribution in [2.24, 2.45) is 14.1 Å². The van der Waals surface area contributed by atoms with Crippen LogP contribution in [0.2, 0.25) is 0 Å². The third kappa shape index (κ3) is 3.22. The van der Waals surface area contributed by atoms with E-state index in [1.54, 1.807) is 31.3 Å². The number of rotatable bonds is 4. The van der Waals surface area contributed by atoms with E-state index in [2.05, 4.69) is 4.98 Å². The van der Waals surface area contributed by atoms with Gasteiger partial charge in [-0.2, -0.15) is 4.98 Å². The van der Waals surface area contributed by atoms with Gasteiger partial charge in [-0.3, -0.25) is 18.5 Å². The molecule has 4 rings (SSSR count). The molecule has 0 N–H and O–H groups in total. The summed E-state index contributed by atoms with van der Waals surface area (Å²) < 4.78 is 23.6. The molecular formula is C21H19FN4O3. The van der Waals surface area contributed by atoms with Crippen LogP contribution in [0.4, 0.5) is 4.39 Å². The molecular weight excluding hydrogens is 375 g/mol. The van der Waals surface area contributed by atoms with Crippen molar-refractivity contribution in [1.82, 2.24) is 18.7 Å². The van der Waals surface area contributed by atoms with Crippen molar-refractivity contribution in [3.05, 3.63) is 86.3 Å². The number of aromatic nitrogens is 4. The molecule has 0 fully saturated rings. The van der Waals surface area contributed by atoms with Crippen molar-refractivity contribution >= 4 is 11.2 Å². The molecule has 0 aliphatic heterocycles. The zero-order valence-corrected chi connectivity index (χ0v) is 16.2. The number of aryl methyl sites for hydroxylation is 3. The van der Waals surface area contributed by atoms with E-state index in [4.69, 9.17) is 4.74 Å². The molecule has 0 aliphatic rings. The highest BCUT2D eigenvalue weighted by molar-refractivity contribution is 5.71. The van der Waals surface area contributed by atoms with E-state index in [0.717, 1.165) is 10.1 Å². The number of fused-ring (bicyclic) bond motifs is 1. The number of ether oxygens (including phenoxy) is 1. The molecule has 8 heteroatoms. The van der Waals surface area contributed by atoms with Crippen molar-refractivity contribution in [1.29, 1.82) is 0 Å². The van der Waals surface area contributed by atoms with Crippen LogP contribution in [0.25, 0.3) is 11.2 Å². The highest BCUT2D eigenvalue weighted by Gasteiger charge is 2.20. The van der Waals surface area contributed by atoms with Crippen molar-refractivity contribution in [3.8, 4) is 11.8 Å². The van der Waals surface area contributed by atoms with Crippen LogP contribution in [0, 0.1) is 12.7 Å². The number of hydrogen-bond donors (Lipinski definition) is 0. The van der Waals surface area contributed by atoms with Crippen molar-refractivity contribution in [2.45, 2.75) is 13.5 Å². The van der Waals surface area contributed by atoms with Crippen molar-refractivity contribution < 1.29 is 9.13 Å². The summed E-state index contributed by atoms with van der Waals surface area (Å²) in [5.41, 5.74) is 0.540.